The number of nitrogens with one attached hydrogen (secondary N) is 3. The van der Waals surface area contributed by atoms with Crippen molar-refractivity contribution < 1.29 is 72.4 Å². The second-order valence-corrected chi connectivity index (χ2v) is 34.2. The number of fused-ring (bicyclic) bond motifs is 18. The number of anilines is 3. The predicted molar refractivity (Wildman–Crippen MR) is 454 cm³/mol. The lowest BCUT2D eigenvalue weighted by Gasteiger charge is -2.27. The van der Waals surface area contributed by atoms with E-state index in [2.05, 4.69) is 93.0 Å². The third-order valence-corrected chi connectivity index (χ3v) is 23.0. The quantitative estimate of drug-likeness (QED) is 0.0593. The predicted octanol–water partition coefficient (Wildman–Crippen LogP) is 11.6. The van der Waals surface area contributed by atoms with Gasteiger partial charge in [-0.2, -0.15) is 16.8 Å². The standard InChI is InChI=1S/2C27H26N6O3.C22H17N5O3.C6H10O.2CH4O3S.ClH/c2*1-2-20(19-4-5-28-22(19)3-1)25-30-23-21-10-16(13-33-14-18-11-17(33)15-35-18)12-29-27(21)36-24(23)26(31-25)32-6-8-34-9-7-32;28-12-13-10-16-18-19(30-22(16)24-11-13)21(27-6-8-29-9-7-27)26-20(25-18)15-2-1-3-17-14(15)4-5-23-17;1-2-6-3-5(1)4-7-6;2*1-5(2,3)4;/h2*1-5,10,12,17-18,28H,6-9,11,13-15H2;1-5,10-12,23H,6-9H2;5-6H,1-4H2;2*1H3,(H,2,3,4);1H/t2*17-,18-;;5-,6+;;;/m00.0.../s1. The molecule has 1 aliphatic carbocycles. The zero-order chi connectivity index (χ0) is 81.0. The summed E-state index contributed by atoms with van der Waals surface area (Å²) in [6, 6.07) is 31.7. The number of ether oxygens (including phenoxy) is 6. The number of halogens is 1. The monoisotopic (exact) mass is 1690 g/mol. The Labute approximate surface area is 693 Å². The van der Waals surface area contributed by atoms with Gasteiger partial charge in [-0.05, 0) is 104 Å². The van der Waals surface area contributed by atoms with E-state index in [9.17, 15) is 21.6 Å². The van der Waals surface area contributed by atoms with Crippen LogP contribution in [0.4, 0.5) is 17.5 Å². The number of carbonyl (C=O) groups excluding carboxylic acids is 1. The van der Waals surface area contributed by atoms with Crippen molar-refractivity contribution in [2.75, 3.05) is 139 Å². The third-order valence-electron chi connectivity index (χ3n) is 23.0. The van der Waals surface area contributed by atoms with Gasteiger partial charge >= 0.3 is 0 Å². The van der Waals surface area contributed by atoms with Crippen LogP contribution in [0.5, 0.6) is 0 Å². The highest BCUT2D eigenvalue weighted by molar-refractivity contribution is 7.85. The van der Waals surface area contributed by atoms with Crippen LogP contribution in [0.2, 0.25) is 0 Å². The molecule has 0 amide bonds. The highest BCUT2D eigenvalue weighted by Gasteiger charge is 2.41. The third kappa shape index (κ3) is 17.1. The fourth-order valence-corrected chi connectivity index (χ4v) is 17.5. The summed E-state index contributed by atoms with van der Waals surface area (Å²) in [6.07, 6.45) is 21.2. The molecule has 12 aromatic heterocycles. The molecular weight excluding hydrogens is 1600 g/mol. The number of likely N-dealkylation sites (tertiary alicyclic amines) is 2. The van der Waals surface area contributed by atoms with Gasteiger partial charge in [-0.25, -0.2) is 44.9 Å². The second kappa shape index (κ2) is 34.0. The summed E-state index contributed by atoms with van der Waals surface area (Å²) < 4.78 is 104. The van der Waals surface area contributed by atoms with Gasteiger partial charge in [0.25, 0.3) is 20.2 Å². The Morgan fingerprint density at radius 1 is 0.450 bits per heavy atom. The molecule has 33 nitrogen and oxygen atoms in total. The van der Waals surface area contributed by atoms with Crippen molar-refractivity contribution in [1.29, 1.82) is 0 Å². The number of carbonyl (C=O) groups is 1. The Balaban J connectivity index is 0.000000112. The summed E-state index contributed by atoms with van der Waals surface area (Å²) in [6.45, 7) is 14.8. The molecule has 3 aromatic carbocycles. The van der Waals surface area contributed by atoms with Crippen molar-refractivity contribution in [2.24, 2.45) is 5.92 Å². The van der Waals surface area contributed by atoms with Crippen LogP contribution in [-0.2, 0) is 61.7 Å². The van der Waals surface area contributed by atoms with E-state index >= 15 is 0 Å². The normalized spacial score (nSPS) is 20.9. The first-order valence-electron chi connectivity index (χ1n) is 40.0. The smallest absolute Gasteiger partial charge is 0.261 e. The Bertz CT molecular complexity index is 6240. The van der Waals surface area contributed by atoms with Gasteiger partial charge in [0.05, 0.1) is 99.8 Å². The number of aromatic amines is 3. The maximum absolute atomic E-state index is 11.3. The van der Waals surface area contributed by atoms with Gasteiger partial charge in [-0.1, -0.05) is 36.4 Å². The number of aldehydes is 1. The van der Waals surface area contributed by atoms with Crippen LogP contribution in [0.15, 0.2) is 141 Å². The molecule has 5 N–H and O–H groups in total. The number of furan rings is 3. The molecule has 9 aliphatic rings. The van der Waals surface area contributed by atoms with Gasteiger partial charge in [0.2, 0.25) is 17.1 Å². The van der Waals surface area contributed by atoms with E-state index in [1.807, 2.05) is 67.4 Å². The van der Waals surface area contributed by atoms with Gasteiger partial charge in [-0.15, -0.1) is 12.4 Å². The minimum atomic E-state index is -3.67. The Morgan fingerprint density at radius 3 is 1.12 bits per heavy atom. The number of morpholine rings is 5. The number of nitrogens with zero attached hydrogens (tertiary/aromatic N) is 14. The second-order valence-electron chi connectivity index (χ2n) is 31.3. The Morgan fingerprint density at radius 2 is 0.817 bits per heavy atom. The van der Waals surface area contributed by atoms with Crippen LogP contribution >= 0.6 is 12.4 Å². The fraction of sp³-hybridized carbons (Fsp3) is 0.381. The first-order valence-corrected chi connectivity index (χ1v) is 43.7. The van der Waals surface area contributed by atoms with Crippen molar-refractivity contribution >= 4 is 156 Å². The molecule has 36 heteroatoms. The molecule has 6 atom stereocenters. The topological polar surface area (TPSA) is 400 Å². The number of rotatable bonds is 11. The first-order chi connectivity index (χ1) is 57.9. The largest absolute Gasteiger partial charge is 0.432 e. The minimum absolute atomic E-state index is 0. The molecule has 8 aliphatic heterocycles. The van der Waals surface area contributed by atoms with E-state index in [-0.39, 0.29) is 12.4 Å². The molecule has 20 heterocycles. The van der Waals surface area contributed by atoms with E-state index in [1.54, 1.807) is 6.07 Å². The highest BCUT2D eigenvalue weighted by Crippen LogP contribution is 2.42. The number of hydrogen-bond acceptors (Lipinski definition) is 28. The van der Waals surface area contributed by atoms with Gasteiger partial charge in [0.1, 0.15) is 16.6 Å². The van der Waals surface area contributed by atoms with E-state index in [0.717, 1.165) is 186 Å². The van der Waals surface area contributed by atoms with Gasteiger partial charge in [-0.3, -0.25) is 23.7 Å². The van der Waals surface area contributed by atoms with Crippen LogP contribution in [0.25, 0.3) is 133 Å². The molecule has 120 heavy (non-hydrogen) atoms. The molecular formula is C84H88ClN17O16S2. The van der Waals surface area contributed by atoms with E-state index in [1.165, 1.54) is 36.6 Å². The summed E-state index contributed by atoms with van der Waals surface area (Å²) in [4.78, 5) is 76.5. The lowest BCUT2D eigenvalue weighted by Crippen LogP contribution is -2.37. The zero-order valence-corrected chi connectivity index (χ0v) is 68.2. The van der Waals surface area contributed by atoms with Crippen LogP contribution < -0.4 is 14.7 Å². The lowest BCUT2D eigenvalue weighted by atomic mass is 10.1. The number of benzene rings is 3. The SMILES string of the molecule is C1C[C@@H]2C[C@H]1CO2.CS(=O)(=O)O.CS(=O)(=O)O.Cl.O=Cc1cnc2oc3c(N4CCOCC4)nc(-c4cccc5[nH]ccc45)nc3c2c1.c1cc(-c2nc(N3CCOCC3)c3oc4ncc(CN5C[C@@H]6C[C@H]5CO6)cc4c3n2)c2cc[nH]c2c1.c1cc(-c2nc(N3CCOCC3)c3oc4ncc(CN5C[C@@H]6C[C@H]5CO6)cc4c3n2)c2cc[nH]c2c1. The minimum Gasteiger partial charge on any atom is -0.432 e. The summed E-state index contributed by atoms with van der Waals surface area (Å²) in [5.41, 5.74) is 14.7. The molecule has 0 radical (unpaired) electrons. The van der Waals surface area contributed by atoms with E-state index in [4.69, 9.17) is 90.6 Å². The van der Waals surface area contributed by atoms with Crippen molar-refractivity contribution in [1.82, 2.24) is 69.6 Å². The van der Waals surface area contributed by atoms with Crippen LogP contribution in [0, 0.1) is 5.92 Å². The molecule has 9 fully saturated rings. The lowest BCUT2D eigenvalue weighted by molar-refractivity contribution is 0.0272. The summed E-state index contributed by atoms with van der Waals surface area (Å²) >= 11 is 0. The van der Waals surface area contributed by atoms with Crippen LogP contribution in [0.1, 0.15) is 53.6 Å². The maximum Gasteiger partial charge on any atom is 0.261 e. The van der Waals surface area contributed by atoms with Crippen molar-refractivity contribution in [3.05, 3.63) is 145 Å². The van der Waals surface area contributed by atoms with Crippen LogP contribution in [0.3, 0.4) is 0 Å². The average molecular weight is 1690 g/mol. The molecule has 0 unspecified atom stereocenters. The average Bonchev–Trinajstić information content (AvgIpc) is 1.58. The molecule has 0 spiro atoms. The number of aromatic nitrogens is 12. The van der Waals surface area contributed by atoms with Crippen molar-refractivity contribution in [3.63, 3.8) is 0 Å². The highest BCUT2D eigenvalue weighted by atomic mass is 35.5. The molecule has 8 saturated heterocycles. The Hall–Kier alpha value is -10.8. The van der Waals surface area contributed by atoms with E-state index in [0.29, 0.717) is 163 Å². The van der Waals surface area contributed by atoms with E-state index < -0.39 is 20.2 Å². The molecule has 24 rings (SSSR count). The Kier molecular flexibility index (Phi) is 22.8. The summed E-state index contributed by atoms with van der Waals surface area (Å²) in [7, 11) is -7.33. The molecule has 6 bridgehead atoms. The zero-order valence-electron chi connectivity index (χ0n) is 65.7. The summed E-state index contributed by atoms with van der Waals surface area (Å²) in [5.74, 6) is 5.27. The molecule has 15 aromatic rings. The molecule has 1 saturated carbocycles. The van der Waals surface area contributed by atoms with Crippen molar-refractivity contribution in [3.8, 4) is 34.2 Å². The van der Waals surface area contributed by atoms with Gasteiger partial charge in [0, 0.05) is 176 Å². The summed E-state index contributed by atoms with van der Waals surface area (Å²) in [5, 5.41) is 5.81. The van der Waals surface area contributed by atoms with Crippen LogP contribution in [-0.4, -0.2) is 257 Å². The molecule has 624 valence electrons. The number of hydrogen-bond donors (Lipinski definition) is 5. The fourth-order valence-electron chi connectivity index (χ4n) is 17.5. The van der Waals surface area contributed by atoms with Gasteiger partial charge in [0.15, 0.2) is 58.0 Å². The first kappa shape index (κ1) is 80.3. The van der Waals surface area contributed by atoms with Crippen molar-refractivity contribution in [2.45, 2.75) is 75.6 Å². The number of H-pyrrole nitrogens is 3. The number of pyridine rings is 3. The maximum atomic E-state index is 11.3. The van der Waals surface area contributed by atoms with Gasteiger partial charge < -0.3 is 71.3 Å².